The van der Waals surface area contributed by atoms with Gasteiger partial charge in [0.25, 0.3) is 0 Å². The van der Waals surface area contributed by atoms with Gasteiger partial charge in [-0.1, -0.05) is 24.3 Å². The highest BCUT2D eigenvalue weighted by molar-refractivity contribution is 5.67. The van der Waals surface area contributed by atoms with Crippen molar-refractivity contribution in [1.29, 1.82) is 0 Å². The summed E-state index contributed by atoms with van der Waals surface area (Å²) in [5.74, 6) is -1.06. The second kappa shape index (κ2) is 11.4. The van der Waals surface area contributed by atoms with Crippen LogP contribution < -0.4 is 0 Å². The summed E-state index contributed by atoms with van der Waals surface area (Å²) in [5, 5.41) is 27.6. The average Bonchev–Trinajstić information content (AvgIpc) is 2.45. The lowest BCUT2D eigenvalue weighted by atomic mass is 10.0. The van der Waals surface area contributed by atoms with Gasteiger partial charge in [-0.25, -0.2) is 0 Å². The van der Waals surface area contributed by atoms with E-state index in [2.05, 4.69) is 13.0 Å². The highest BCUT2D eigenvalue weighted by atomic mass is 16.5. The van der Waals surface area contributed by atoms with Gasteiger partial charge in [0.15, 0.2) is 0 Å². The predicted molar refractivity (Wildman–Crippen MR) is 89.2 cm³/mol. The van der Waals surface area contributed by atoms with Crippen molar-refractivity contribution >= 4 is 5.97 Å². The topological polar surface area (TPSA) is 87.0 Å². The number of carboxylic acid groups (broad SMARTS) is 1. The maximum atomic E-state index is 10.4. The molecule has 1 aliphatic rings. The van der Waals surface area contributed by atoms with E-state index in [-0.39, 0.29) is 12.8 Å². The number of aliphatic hydroxyl groups excluding tert-OH is 2. The van der Waals surface area contributed by atoms with Crippen molar-refractivity contribution in [2.45, 2.75) is 82.7 Å². The van der Waals surface area contributed by atoms with Crippen LogP contribution in [0.3, 0.4) is 0 Å². The molecule has 1 fully saturated rings. The number of hydrogen-bond donors (Lipinski definition) is 3. The van der Waals surface area contributed by atoms with Crippen LogP contribution in [0.5, 0.6) is 0 Å². The quantitative estimate of drug-likeness (QED) is 0.537. The number of rotatable bonds is 10. The Balaban J connectivity index is 2.09. The fraction of sp³-hybridized carbons (Fsp3) is 0.722. The number of aliphatic carboxylic acids is 1. The molecule has 1 rings (SSSR count). The van der Waals surface area contributed by atoms with Crippen molar-refractivity contribution in [3.63, 3.8) is 0 Å². The number of ether oxygens (including phenoxy) is 1. The van der Waals surface area contributed by atoms with E-state index in [0.29, 0.717) is 18.6 Å². The third-order valence-corrected chi connectivity index (χ3v) is 3.94. The predicted octanol–water partition coefficient (Wildman–Crippen LogP) is 2.81. The van der Waals surface area contributed by atoms with E-state index in [1.54, 1.807) is 6.08 Å². The van der Waals surface area contributed by atoms with Gasteiger partial charge in [-0.05, 0) is 45.4 Å². The number of aliphatic hydroxyl groups is 2. The molecule has 5 heteroatoms. The Morgan fingerprint density at radius 1 is 1.26 bits per heavy atom. The SMILES string of the molecule is C[C@@H]1CCC[C@@H](CC/C=C\C/C=C\[C@H](O)C[C@H](O)CC(=O)O)O1. The lowest BCUT2D eigenvalue weighted by Crippen LogP contribution is -2.25. The van der Waals surface area contributed by atoms with Crippen molar-refractivity contribution in [3.05, 3.63) is 24.3 Å². The molecule has 0 unspecified atom stereocenters. The van der Waals surface area contributed by atoms with Crippen molar-refractivity contribution in [1.82, 2.24) is 0 Å². The van der Waals surface area contributed by atoms with Crippen LogP contribution in [0.1, 0.15) is 58.3 Å². The molecule has 0 aromatic carbocycles. The Kier molecular flexibility index (Phi) is 9.83. The van der Waals surface area contributed by atoms with Crippen molar-refractivity contribution in [2.75, 3.05) is 0 Å². The van der Waals surface area contributed by atoms with Gasteiger partial charge < -0.3 is 20.1 Å². The van der Waals surface area contributed by atoms with Crippen molar-refractivity contribution < 1.29 is 24.9 Å². The van der Waals surface area contributed by atoms with Crippen LogP contribution in [0.2, 0.25) is 0 Å². The molecular weight excluding hydrogens is 296 g/mol. The molecule has 23 heavy (non-hydrogen) atoms. The van der Waals surface area contributed by atoms with Gasteiger partial charge in [0.05, 0.1) is 30.8 Å². The summed E-state index contributed by atoms with van der Waals surface area (Å²) in [4.78, 5) is 10.4. The molecule has 0 aliphatic carbocycles. The molecule has 1 heterocycles. The molecule has 0 aromatic rings. The van der Waals surface area contributed by atoms with Crippen molar-refractivity contribution in [3.8, 4) is 0 Å². The minimum absolute atomic E-state index is 0.0454. The molecule has 0 saturated carbocycles. The van der Waals surface area contributed by atoms with E-state index >= 15 is 0 Å². The Bertz CT molecular complexity index is 391. The summed E-state index contributed by atoms with van der Waals surface area (Å²) in [6.45, 7) is 2.13. The smallest absolute Gasteiger partial charge is 0.305 e. The Labute approximate surface area is 138 Å². The number of allylic oxidation sites excluding steroid dienone is 3. The monoisotopic (exact) mass is 326 g/mol. The van der Waals surface area contributed by atoms with E-state index in [1.165, 1.54) is 12.8 Å². The third kappa shape index (κ3) is 10.3. The zero-order valence-electron chi connectivity index (χ0n) is 13.9. The van der Waals surface area contributed by atoms with Crippen LogP contribution >= 0.6 is 0 Å². The van der Waals surface area contributed by atoms with Gasteiger partial charge >= 0.3 is 5.97 Å². The van der Waals surface area contributed by atoms with Crippen LogP contribution in [-0.2, 0) is 9.53 Å². The maximum absolute atomic E-state index is 10.4. The summed E-state index contributed by atoms with van der Waals surface area (Å²) in [6, 6.07) is 0. The zero-order chi connectivity index (χ0) is 17.1. The van der Waals surface area contributed by atoms with Gasteiger partial charge in [0.2, 0.25) is 0 Å². The first-order valence-electron chi connectivity index (χ1n) is 8.52. The summed E-state index contributed by atoms with van der Waals surface area (Å²) in [5.41, 5.74) is 0. The van der Waals surface area contributed by atoms with Crippen LogP contribution in [0.25, 0.3) is 0 Å². The Morgan fingerprint density at radius 3 is 2.74 bits per heavy atom. The summed E-state index contributed by atoms with van der Waals surface area (Å²) >= 11 is 0. The molecule has 0 aromatic heterocycles. The summed E-state index contributed by atoms with van der Waals surface area (Å²) < 4.78 is 5.86. The number of hydrogen-bond acceptors (Lipinski definition) is 4. The second-order valence-corrected chi connectivity index (χ2v) is 6.27. The number of carboxylic acids is 1. The molecule has 4 atom stereocenters. The van der Waals surface area contributed by atoms with E-state index in [1.807, 2.05) is 12.2 Å². The van der Waals surface area contributed by atoms with Gasteiger partial charge in [-0.15, -0.1) is 0 Å². The van der Waals surface area contributed by atoms with Gasteiger partial charge in [0.1, 0.15) is 0 Å². The molecule has 0 spiro atoms. The normalized spacial score (nSPS) is 25.0. The molecule has 0 bridgehead atoms. The highest BCUT2D eigenvalue weighted by Gasteiger charge is 2.17. The largest absolute Gasteiger partial charge is 0.481 e. The van der Waals surface area contributed by atoms with Crippen LogP contribution in [-0.4, -0.2) is 45.7 Å². The van der Waals surface area contributed by atoms with Gasteiger partial charge in [0, 0.05) is 6.42 Å². The van der Waals surface area contributed by atoms with Gasteiger partial charge in [-0.3, -0.25) is 4.79 Å². The minimum Gasteiger partial charge on any atom is -0.481 e. The molecule has 0 amide bonds. The van der Waals surface area contributed by atoms with E-state index in [9.17, 15) is 15.0 Å². The molecule has 0 radical (unpaired) electrons. The molecule has 1 saturated heterocycles. The first-order chi connectivity index (χ1) is 11.0. The average molecular weight is 326 g/mol. The highest BCUT2D eigenvalue weighted by Crippen LogP contribution is 2.21. The Hall–Kier alpha value is -1.17. The van der Waals surface area contributed by atoms with Crippen LogP contribution in [0.15, 0.2) is 24.3 Å². The van der Waals surface area contributed by atoms with Crippen molar-refractivity contribution in [2.24, 2.45) is 0 Å². The molecule has 3 N–H and O–H groups in total. The van der Waals surface area contributed by atoms with Gasteiger partial charge in [-0.2, -0.15) is 0 Å². The molecule has 5 nitrogen and oxygen atoms in total. The summed E-state index contributed by atoms with van der Waals surface area (Å²) in [7, 11) is 0. The maximum Gasteiger partial charge on any atom is 0.305 e. The van der Waals surface area contributed by atoms with E-state index in [4.69, 9.17) is 9.84 Å². The second-order valence-electron chi connectivity index (χ2n) is 6.27. The number of carbonyl (C=O) groups is 1. The third-order valence-electron chi connectivity index (χ3n) is 3.94. The zero-order valence-corrected chi connectivity index (χ0v) is 13.9. The first-order valence-corrected chi connectivity index (χ1v) is 8.52. The lowest BCUT2D eigenvalue weighted by molar-refractivity contribution is -0.139. The fourth-order valence-corrected chi connectivity index (χ4v) is 2.76. The van der Waals surface area contributed by atoms with Crippen LogP contribution in [0, 0.1) is 0 Å². The Morgan fingerprint density at radius 2 is 2.04 bits per heavy atom. The van der Waals surface area contributed by atoms with Crippen LogP contribution in [0.4, 0.5) is 0 Å². The summed E-state index contributed by atoms with van der Waals surface area (Å²) in [6.07, 6.45) is 12.6. The molecule has 1 aliphatic heterocycles. The van der Waals surface area contributed by atoms with E-state index < -0.39 is 18.2 Å². The minimum atomic E-state index is -1.06. The fourth-order valence-electron chi connectivity index (χ4n) is 2.76. The molecule has 132 valence electrons. The lowest BCUT2D eigenvalue weighted by Gasteiger charge is -2.27. The first kappa shape index (κ1) is 19.9. The van der Waals surface area contributed by atoms with E-state index in [0.717, 1.165) is 19.3 Å². The molecular formula is C18H30O5. The standard InChI is InChI=1S/C18H30O5/c1-14-8-7-11-17(23-14)10-6-4-2-3-5-9-15(19)12-16(20)13-18(21)22/h2,4-5,9,14-17,19-20H,3,6-8,10-13H2,1H3,(H,21,22)/b4-2-,9-5-/t14-,15+,16+,17-/m1/s1.